The maximum absolute atomic E-state index is 13.0. The molecule has 4 heteroatoms. The van der Waals surface area contributed by atoms with Gasteiger partial charge in [0.15, 0.2) is 0 Å². The Morgan fingerprint density at radius 3 is 2.38 bits per heavy atom. The predicted octanol–water partition coefficient (Wildman–Crippen LogP) is 3.57. The van der Waals surface area contributed by atoms with E-state index in [1.54, 1.807) is 6.07 Å². The average Bonchev–Trinajstić information content (AvgIpc) is 2.33. The van der Waals surface area contributed by atoms with E-state index in [0.29, 0.717) is 6.04 Å². The van der Waals surface area contributed by atoms with Crippen LogP contribution in [0.25, 0.3) is 0 Å². The van der Waals surface area contributed by atoms with Crippen LogP contribution in [0, 0.1) is 5.82 Å². The molecule has 118 valence electrons. The number of nitrogens with one attached hydrogen (secondary N) is 2. The molecule has 1 saturated heterocycles. The summed E-state index contributed by atoms with van der Waals surface area (Å²) >= 11 is 0. The molecule has 2 N–H and O–H groups in total. The first-order valence-corrected chi connectivity index (χ1v) is 7.88. The molecule has 0 amide bonds. The first-order chi connectivity index (χ1) is 9.71. The number of aromatic nitrogens is 1. The van der Waals surface area contributed by atoms with Gasteiger partial charge in [-0.25, -0.2) is 4.39 Å². The maximum Gasteiger partial charge on any atom is 0.141 e. The van der Waals surface area contributed by atoms with Crippen molar-refractivity contribution in [2.75, 3.05) is 0 Å². The van der Waals surface area contributed by atoms with Gasteiger partial charge >= 0.3 is 0 Å². The van der Waals surface area contributed by atoms with E-state index in [9.17, 15) is 4.39 Å². The largest absolute Gasteiger partial charge is 0.307 e. The Kier molecular flexibility index (Phi) is 4.69. The van der Waals surface area contributed by atoms with E-state index in [1.807, 2.05) is 0 Å². The van der Waals surface area contributed by atoms with Crippen molar-refractivity contribution >= 4 is 0 Å². The molecule has 2 heterocycles. The van der Waals surface area contributed by atoms with Gasteiger partial charge in [0.25, 0.3) is 0 Å². The first kappa shape index (κ1) is 16.4. The summed E-state index contributed by atoms with van der Waals surface area (Å²) in [4.78, 5) is 4.23. The molecule has 1 aromatic rings. The zero-order chi connectivity index (χ0) is 15.7. The van der Waals surface area contributed by atoms with Gasteiger partial charge in [0.2, 0.25) is 0 Å². The number of halogens is 1. The van der Waals surface area contributed by atoms with Gasteiger partial charge in [-0.05, 0) is 59.1 Å². The summed E-state index contributed by atoms with van der Waals surface area (Å²) in [7, 11) is 0. The normalized spacial score (nSPS) is 23.0. The lowest BCUT2D eigenvalue weighted by Crippen LogP contribution is -2.61. The topological polar surface area (TPSA) is 37.0 Å². The van der Waals surface area contributed by atoms with E-state index < -0.39 is 0 Å². The molecule has 1 atom stereocenters. The lowest BCUT2D eigenvalue weighted by molar-refractivity contribution is 0.138. The van der Waals surface area contributed by atoms with Crippen molar-refractivity contribution < 1.29 is 4.39 Å². The lowest BCUT2D eigenvalue weighted by Gasteiger charge is -2.47. The number of nitrogens with zero attached hydrogens (tertiary/aromatic N) is 1. The van der Waals surface area contributed by atoms with Gasteiger partial charge in [0, 0.05) is 23.2 Å². The molecule has 1 aliphatic rings. The third-order valence-electron chi connectivity index (χ3n) is 4.14. The maximum atomic E-state index is 13.0. The van der Waals surface area contributed by atoms with Crippen molar-refractivity contribution in [3.05, 3.63) is 29.8 Å². The summed E-state index contributed by atoms with van der Waals surface area (Å²) in [5, 5.41) is 7.42. The smallest absolute Gasteiger partial charge is 0.141 e. The van der Waals surface area contributed by atoms with Gasteiger partial charge in [-0.2, -0.15) is 0 Å². The van der Waals surface area contributed by atoms with E-state index in [1.165, 1.54) is 12.3 Å². The molecule has 1 aliphatic heterocycles. The van der Waals surface area contributed by atoms with Gasteiger partial charge in [-0.3, -0.25) is 4.98 Å². The van der Waals surface area contributed by atoms with Crippen molar-refractivity contribution in [2.45, 2.75) is 77.0 Å². The second-order valence-electron chi connectivity index (χ2n) is 7.53. The van der Waals surface area contributed by atoms with Crippen LogP contribution in [0.4, 0.5) is 4.39 Å². The molecule has 0 aliphatic carbocycles. The highest BCUT2D eigenvalue weighted by Gasteiger charge is 2.38. The summed E-state index contributed by atoms with van der Waals surface area (Å²) in [5.74, 6) is -0.280. The van der Waals surface area contributed by atoms with Crippen LogP contribution in [0.3, 0.4) is 0 Å². The lowest BCUT2D eigenvalue weighted by atomic mass is 9.79. The Hall–Kier alpha value is -1.00. The standard InChI is InChI=1S/C17H28FN3/c1-6-14(15-8-7-12(18)11-19-15)20-13-9-16(2,3)21-17(4,5)10-13/h7-8,11,13-14,20-21H,6,9-10H2,1-5H3. The van der Waals surface area contributed by atoms with Crippen LogP contribution in [0.1, 0.15) is 65.6 Å². The predicted molar refractivity (Wildman–Crippen MR) is 84.7 cm³/mol. The zero-order valence-corrected chi connectivity index (χ0v) is 13.8. The number of rotatable bonds is 4. The molecule has 3 nitrogen and oxygen atoms in total. The van der Waals surface area contributed by atoms with Crippen LogP contribution in [-0.2, 0) is 0 Å². The molecule has 2 rings (SSSR count). The van der Waals surface area contributed by atoms with Gasteiger partial charge in [-0.1, -0.05) is 6.92 Å². The Morgan fingerprint density at radius 1 is 1.29 bits per heavy atom. The molecule has 1 unspecified atom stereocenters. The van der Waals surface area contributed by atoms with Crippen molar-refractivity contribution in [2.24, 2.45) is 0 Å². The van der Waals surface area contributed by atoms with Gasteiger partial charge in [-0.15, -0.1) is 0 Å². The second kappa shape index (κ2) is 6.01. The van der Waals surface area contributed by atoms with Gasteiger partial charge < -0.3 is 10.6 Å². The quantitative estimate of drug-likeness (QED) is 0.891. The molecule has 0 spiro atoms. The molecule has 0 aromatic carbocycles. The summed E-state index contributed by atoms with van der Waals surface area (Å²) < 4.78 is 13.0. The number of pyridine rings is 1. The van der Waals surface area contributed by atoms with Crippen molar-refractivity contribution in [1.29, 1.82) is 0 Å². The molecule has 1 aromatic heterocycles. The molecular formula is C17H28FN3. The fourth-order valence-electron chi connectivity index (χ4n) is 3.73. The minimum atomic E-state index is -0.280. The molecule has 1 fully saturated rings. The Morgan fingerprint density at radius 2 is 1.90 bits per heavy atom. The number of piperidine rings is 1. The van der Waals surface area contributed by atoms with E-state index >= 15 is 0 Å². The minimum absolute atomic E-state index is 0.119. The minimum Gasteiger partial charge on any atom is -0.307 e. The van der Waals surface area contributed by atoms with E-state index in [0.717, 1.165) is 25.0 Å². The fourth-order valence-corrected chi connectivity index (χ4v) is 3.73. The molecule has 0 saturated carbocycles. The van der Waals surface area contributed by atoms with Crippen molar-refractivity contribution in [3.63, 3.8) is 0 Å². The van der Waals surface area contributed by atoms with Crippen LogP contribution in [0.15, 0.2) is 18.3 Å². The summed E-state index contributed by atoms with van der Waals surface area (Å²) in [5.41, 5.74) is 1.16. The van der Waals surface area contributed by atoms with E-state index in [-0.39, 0.29) is 22.9 Å². The number of hydrogen-bond donors (Lipinski definition) is 2. The summed E-state index contributed by atoms with van der Waals surface area (Å²) in [6.45, 7) is 11.1. The monoisotopic (exact) mass is 293 g/mol. The van der Waals surface area contributed by atoms with Crippen molar-refractivity contribution in [1.82, 2.24) is 15.6 Å². The SMILES string of the molecule is CCC(NC1CC(C)(C)NC(C)(C)C1)c1ccc(F)cn1. The Labute approximate surface area is 127 Å². The van der Waals surface area contributed by atoms with Crippen LogP contribution in [-0.4, -0.2) is 22.1 Å². The van der Waals surface area contributed by atoms with Crippen LogP contribution >= 0.6 is 0 Å². The third kappa shape index (κ3) is 4.48. The zero-order valence-electron chi connectivity index (χ0n) is 13.8. The second-order valence-corrected chi connectivity index (χ2v) is 7.53. The van der Waals surface area contributed by atoms with E-state index in [2.05, 4.69) is 50.2 Å². The summed E-state index contributed by atoms with van der Waals surface area (Å²) in [6.07, 6.45) is 4.40. The highest BCUT2D eigenvalue weighted by molar-refractivity contribution is 5.11. The highest BCUT2D eigenvalue weighted by Crippen LogP contribution is 2.30. The fraction of sp³-hybridized carbons (Fsp3) is 0.706. The van der Waals surface area contributed by atoms with Crippen LogP contribution in [0.2, 0.25) is 0 Å². The summed E-state index contributed by atoms with van der Waals surface area (Å²) in [6, 6.07) is 3.89. The Balaban J connectivity index is 2.09. The van der Waals surface area contributed by atoms with Crippen molar-refractivity contribution in [3.8, 4) is 0 Å². The molecule has 0 bridgehead atoms. The van der Waals surface area contributed by atoms with E-state index in [4.69, 9.17) is 0 Å². The number of hydrogen-bond acceptors (Lipinski definition) is 3. The van der Waals surface area contributed by atoms with Crippen LogP contribution < -0.4 is 10.6 Å². The van der Waals surface area contributed by atoms with Gasteiger partial charge in [0.1, 0.15) is 5.82 Å². The molecule has 21 heavy (non-hydrogen) atoms. The van der Waals surface area contributed by atoms with Crippen LogP contribution in [0.5, 0.6) is 0 Å². The average molecular weight is 293 g/mol. The third-order valence-corrected chi connectivity index (χ3v) is 4.14. The molecule has 0 radical (unpaired) electrons. The van der Waals surface area contributed by atoms with Gasteiger partial charge in [0.05, 0.1) is 11.9 Å². The molecular weight excluding hydrogens is 265 g/mol. The highest BCUT2D eigenvalue weighted by atomic mass is 19.1. The Bertz CT molecular complexity index is 451. The first-order valence-electron chi connectivity index (χ1n) is 7.88.